The molecule has 0 bridgehead atoms. The molecule has 20 heavy (non-hydrogen) atoms. The van der Waals surface area contributed by atoms with E-state index in [1.165, 1.54) is 6.07 Å². The highest BCUT2D eigenvalue weighted by Gasteiger charge is 2.33. The fraction of sp³-hybridized carbons (Fsp3) is 0.562. The first-order chi connectivity index (χ1) is 9.35. The molecule has 0 aliphatic carbocycles. The predicted octanol–water partition coefficient (Wildman–Crippen LogP) is 3.57. The number of hydrogen-bond acceptors (Lipinski definition) is 4. The third kappa shape index (κ3) is 2.74. The van der Waals surface area contributed by atoms with E-state index in [1.807, 2.05) is 20.8 Å². The third-order valence-electron chi connectivity index (χ3n) is 3.73. The van der Waals surface area contributed by atoms with Gasteiger partial charge in [0.25, 0.3) is 0 Å². The molecule has 0 atom stereocenters. The van der Waals surface area contributed by atoms with Crippen molar-refractivity contribution in [2.75, 3.05) is 0 Å². The van der Waals surface area contributed by atoms with Crippen molar-refractivity contribution < 1.29 is 19.7 Å². The number of fused-ring (bicyclic) bond motifs is 1. The van der Waals surface area contributed by atoms with E-state index in [0.717, 1.165) is 19.3 Å². The van der Waals surface area contributed by atoms with Gasteiger partial charge in [-0.1, -0.05) is 13.3 Å². The zero-order chi connectivity index (χ0) is 14.9. The van der Waals surface area contributed by atoms with Crippen LogP contribution in [0.25, 0.3) is 0 Å². The zero-order valence-electron chi connectivity index (χ0n) is 12.3. The summed E-state index contributed by atoms with van der Waals surface area (Å²) in [5.74, 6) is 0.0400. The molecule has 0 fully saturated rings. The summed E-state index contributed by atoms with van der Waals surface area (Å²) >= 11 is 0. The molecule has 0 spiro atoms. The zero-order valence-corrected chi connectivity index (χ0v) is 12.3. The SMILES string of the molecule is CCCCC(=O)c1c(O)cc(O)c2c1OC(C)(C)CC2. The quantitative estimate of drug-likeness (QED) is 0.826. The molecule has 2 N–H and O–H groups in total. The summed E-state index contributed by atoms with van der Waals surface area (Å²) < 4.78 is 5.87. The number of carbonyl (C=O) groups is 1. The van der Waals surface area contributed by atoms with Gasteiger partial charge in [0.05, 0.1) is 0 Å². The molecule has 1 aliphatic rings. The van der Waals surface area contributed by atoms with Crippen molar-refractivity contribution in [3.8, 4) is 17.2 Å². The van der Waals surface area contributed by atoms with Crippen molar-refractivity contribution in [3.05, 3.63) is 17.2 Å². The van der Waals surface area contributed by atoms with Crippen LogP contribution >= 0.6 is 0 Å². The summed E-state index contributed by atoms with van der Waals surface area (Å²) in [6.07, 6.45) is 3.48. The monoisotopic (exact) mass is 278 g/mol. The minimum absolute atomic E-state index is 0.0000384. The molecule has 1 aromatic carbocycles. The molecule has 0 unspecified atom stereocenters. The summed E-state index contributed by atoms with van der Waals surface area (Å²) in [6.45, 7) is 5.90. The largest absolute Gasteiger partial charge is 0.507 e. The Morgan fingerprint density at radius 1 is 1.35 bits per heavy atom. The molecule has 1 heterocycles. The maximum Gasteiger partial charge on any atom is 0.170 e. The van der Waals surface area contributed by atoms with Crippen LogP contribution in [0, 0.1) is 0 Å². The predicted molar refractivity (Wildman–Crippen MR) is 76.7 cm³/mol. The second kappa shape index (κ2) is 5.35. The summed E-state index contributed by atoms with van der Waals surface area (Å²) in [5.41, 5.74) is 0.452. The summed E-state index contributed by atoms with van der Waals surface area (Å²) in [5, 5.41) is 20.0. The summed E-state index contributed by atoms with van der Waals surface area (Å²) in [4.78, 5) is 12.3. The molecule has 0 saturated carbocycles. The number of ketones is 1. The highest BCUT2D eigenvalue weighted by molar-refractivity contribution is 6.02. The van der Waals surface area contributed by atoms with Crippen molar-refractivity contribution in [2.45, 2.75) is 58.5 Å². The Hall–Kier alpha value is -1.71. The van der Waals surface area contributed by atoms with Gasteiger partial charge in [-0.05, 0) is 33.1 Å². The van der Waals surface area contributed by atoms with Crippen LogP contribution in [0.3, 0.4) is 0 Å². The van der Waals surface area contributed by atoms with Crippen LogP contribution < -0.4 is 4.74 Å². The van der Waals surface area contributed by atoms with Crippen LogP contribution in [-0.2, 0) is 6.42 Å². The van der Waals surface area contributed by atoms with E-state index in [1.54, 1.807) is 0 Å². The molecule has 1 aliphatic heterocycles. The van der Waals surface area contributed by atoms with Crippen LogP contribution in [0.5, 0.6) is 17.2 Å². The number of rotatable bonds is 4. The lowest BCUT2D eigenvalue weighted by molar-refractivity contribution is 0.0788. The van der Waals surface area contributed by atoms with E-state index in [9.17, 15) is 15.0 Å². The molecule has 4 nitrogen and oxygen atoms in total. The van der Waals surface area contributed by atoms with Crippen molar-refractivity contribution in [2.24, 2.45) is 0 Å². The van der Waals surface area contributed by atoms with Gasteiger partial charge in [0.2, 0.25) is 0 Å². The van der Waals surface area contributed by atoms with Gasteiger partial charge < -0.3 is 14.9 Å². The summed E-state index contributed by atoms with van der Waals surface area (Å²) in [7, 11) is 0. The van der Waals surface area contributed by atoms with Gasteiger partial charge in [-0.25, -0.2) is 0 Å². The normalized spacial score (nSPS) is 16.4. The van der Waals surface area contributed by atoms with Gasteiger partial charge in [-0.15, -0.1) is 0 Å². The van der Waals surface area contributed by atoms with E-state index in [-0.39, 0.29) is 22.8 Å². The van der Waals surface area contributed by atoms with Crippen LogP contribution in [0.2, 0.25) is 0 Å². The van der Waals surface area contributed by atoms with Crippen LogP contribution in [0.4, 0.5) is 0 Å². The van der Waals surface area contributed by atoms with Gasteiger partial charge in [-0.2, -0.15) is 0 Å². The lowest BCUT2D eigenvalue weighted by atomic mass is 9.90. The molecular weight excluding hydrogens is 256 g/mol. The number of ether oxygens (including phenoxy) is 1. The number of carbonyl (C=O) groups excluding carboxylic acids is 1. The van der Waals surface area contributed by atoms with Crippen molar-refractivity contribution >= 4 is 5.78 Å². The standard InChI is InChI=1S/C16H22O4/c1-4-5-6-11(17)14-13(19)9-12(18)10-7-8-16(2,3)20-15(10)14/h9,18-19H,4-8H2,1-3H3. The number of unbranched alkanes of at least 4 members (excludes halogenated alkanes) is 1. The Bertz CT molecular complexity index is 532. The van der Waals surface area contributed by atoms with E-state index < -0.39 is 5.60 Å². The second-order valence-corrected chi connectivity index (χ2v) is 5.99. The molecule has 0 aromatic heterocycles. The number of phenolic OH excluding ortho intramolecular Hbond substituents is 2. The van der Waals surface area contributed by atoms with E-state index >= 15 is 0 Å². The molecule has 2 rings (SSSR count). The minimum Gasteiger partial charge on any atom is -0.507 e. The maximum atomic E-state index is 12.3. The van der Waals surface area contributed by atoms with Crippen molar-refractivity contribution in [3.63, 3.8) is 0 Å². The first-order valence-corrected chi connectivity index (χ1v) is 7.15. The van der Waals surface area contributed by atoms with Gasteiger partial charge in [0.1, 0.15) is 28.4 Å². The molecule has 0 saturated heterocycles. The Labute approximate surface area is 119 Å². The van der Waals surface area contributed by atoms with E-state index in [0.29, 0.717) is 24.2 Å². The van der Waals surface area contributed by atoms with Crippen molar-refractivity contribution in [1.82, 2.24) is 0 Å². The van der Waals surface area contributed by atoms with E-state index in [2.05, 4.69) is 0 Å². The summed E-state index contributed by atoms with van der Waals surface area (Å²) in [6, 6.07) is 1.25. The molecule has 0 amide bonds. The fourth-order valence-corrected chi connectivity index (χ4v) is 2.51. The number of benzene rings is 1. The molecule has 110 valence electrons. The van der Waals surface area contributed by atoms with Gasteiger partial charge in [0, 0.05) is 18.1 Å². The minimum atomic E-state index is -0.396. The van der Waals surface area contributed by atoms with Gasteiger partial charge in [-0.3, -0.25) is 4.79 Å². The highest BCUT2D eigenvalue weighted by atomic mass is 16.5. The first kappa shape index (κ1) is 14.7. The second-order valence-electron chi connectivity index (χ2n) is 5.99. The average Bonchev–Trinajstić information content (AvgIpc) is 2.34. The number of Topliss-reactive ketones (excluding diaryl/α,β-unsaturated/α-hetero) is 1. The average molecular weight is 278 g/mol. The Morgan fingerprint density at radius 2 is 2.05 bits per heavy atom. The van der Waals surface area contributed by atoms with Crippen molar-refractivity contribution in [1.29, 1.82) is 0 Å². The van der Waals surface area contributed by atoms with Gasteiger partial charge >= 0.3 is 0 Å². The molecule has 1 aromatic rings. The first-order valence-electron chi connectivity index (χ1n) is 7.15. The maximum absolute atomic E-state index is 12.3. The third-order valence-corrected chi connectivity index (χ3v) is 3.73. The molecule has 4 heteroatoms. The molecular formula is C16H22O4. The molecule has 0 radical (unpaired) electrons. The van der Waals surface area contributed by atoms with Crippen LogP contribution in [0.15, 0.2) is 6.07 Å². The lowest BCUT2D eigenvalue weighted by Crippen LogP contribution is -2.33. The Kier molecular flexibility index (Phi) is 3.93. The number of phenols is 2. The highest BCUT2D eigenvalue weighted by Crippen LogP contribution is 2.44. The van der Waals surface area contributed by atoms with Crippen LogP contribution in [0.1, 0.15) is 62.4 Å². The fourth-order valence-electron chi connectivity index (χ4n) is 2.51. The number of hydrogen-bond donors (Lipinski definition) is 2. The Balaban J connectivity index is 2.49. The lowest BCUT2D eigenvalue weighted by Gasteiger charge is -2.34. The van der Waals surface area contributed by atoms with E-state index in [4.69, 9.17) is 4.74 Å². The smallest absolute Gasteiger partial charge is 0.170 e. The number of aromatic hydroxyl groups is 2. The Morgan fingerprint density at radius 3 is 2.70 bits per heavy atom. The van der Waals surface area contributed by atoms with Crippen LogP contribution in [-0.4, -0.2) is 21.6 Å². The topological polar surface area (TPSA) is 66.8 Å². The van der Waals surface area contributed by atoms with Gasteiger partial charge in [0.15, 0.2) is 5.78 Å².